The van der Waals surface area contributed by atoms with Gasteiger partial charge in [0.15, 0.2) is 5.78 Å². The highest BCUT2D eigenvalue weighted by Crippen LogP contribution is 2.45. The first-order valence-corrected chi connectivity index (χ1v) is 12.6. The smallest absolute Gasteiger partial charge is 0.338 e. The van der Waals surface area contributed by atoms with Gasteiger partial charge in [0, 0.05) is 23.4 Å². The number of benzene rings is 1. The summed E-state index contributed by atoms with van der Waals surface area (Å²) in [6.45, 7) is 9.26. The zero-order valence-corrected chi connectivity index (χ0v) is 21.7. The number of carbonyl (C=O) groups excluding carboxylic acids is 3. The fourth-order valence-electron chi connectivity index (χ4n) is 5.42. The Morgan fingerprint density at radius 2 is 1.89 bits per heavy atom. The summed E-state index contributed by atoms with van der Waals surface area (Å²) in [5, 5.41) is 12.7. The van der Waals surface area contributed by atoms with Gasteiger partial charge in [0.2, 0.25) is 0 Å². The standard InChI is InChI=1S/C30H35NO5/c1-18-8-11-25(32)29(4,5)13-12-19(2)27(33)30(35)17-20(3)26(23(30)15-18)36-28(34)22-10-9-21-7-6-14-31-24(21)16-22/h6-7,9-10,12,14-16,20,23,26,35H,8,11,13,17H2,1-5H3/b18-15+,19-12+/t20-,23-,26+,30+/m0/s1. The maximum absolute atomic E-state index is 13.6. The van der Waals surface area contributed by atoms with E-state index in [9.17, 15) is 19.5 Å². The number of Topliss-reactive ketones (excluding diaryl/α,β-unsaturated/α-hetero) is 2. The summed E-state index contributed by atoms with van der Waals surface area (Å²) in [6, 6.07) is 8.97. The Labute approximate surface area is 212 Å². The number of pyridine rings is 1. The normalized spacial score (nSPS) is 31.9. The van der Waals surface area contributed by atoms with E-state index in [4.69, 9.17) is 4.74 Å². The molecule has 2 aromatic rings. The Morgan fingerprint density at radius 3 is 2.64 bits per heavy atom. The molecule has 0 aliphatic heterocycles. The number of ether oxygens (including phenoxy) is 1. The average Bonchev–Trinajstić information content (AvgIpc) is 3.09. The number of fused-ring (bicyclic) bond motifs is 2. The molecule has 1 saturated carbocycles. The number of hydrogen-bond acceptors (Lipinski definition) is 6. The van der Waals surface area contributed by atoms with Gasteiger partial charge in [-0.15, -0.1) is 0 Å². The second-order valence-corrected chi connectivity index (χ2v) is 11.2. The number of ketones is 2. The number of esters is 1. The van der Waals surface area contributed by atoms with Crippen molar-refractivity contribution in [3.05, 3.63) is 65.4 Å². The van der Waals surface area contributed by atoms with E-state index in [-0.39, 0.29) is 23.9 Å². The first-order chi connectivity index (χ1) is 16.9. The van der Waals surface area contributed by atoms with Crippen LogP contribution in [-0.2, 0) is 14.3 Å². The van der Waals surface area contributed by atoms with Crippen molar-refractivity contribution in [3.63, 3.8) is 0 Å². The third-order valence-corrected chi connectivity index (χ3v) is 7.82. The molecule has 6 nitrogen and oxygen atoms in total. The molecule has 0 bridgehead atoms. The number of aliphatic hydroxyl groups is 1. The van der Waals surface area contributed by atoms with E-state index in [1.54, 1.807) is 31.3 Å². The van der Waals surface area contributed by atoms with E-state index in [1.165, 1.54) is 0 Å². The lowest BCUT2D eigenvalue weighted by Gasteiger charge is -2.31. The number of nitrogens with zero attached hydrogens (tertiary/aromatic N) is 1. The quantitative estimate of drug-likeness (QED) is 0.449. The van der Waals surface area contributed by atoms with E-state index in [0.717, 1.165) is 11.0 Å². The third-order valence-electron chi connectivity index (χ3n) is 7.82. The van der Waals surface area contributed by atoms with Crippen LogP contribution < -0.4 is 0 Å². The first kappa shape index (κ1) is 26.0. The molecule has 2 aliphatic carbocycles. The van der Waals surface area contributed by atoms with Crippen LogP contribution in [0.4, 0.5) is 0 Å². The maximum Gasteiger partial charge on any atom is 0.338 e. The van der Waals surface area contributed by atoms with Crippen LogP contribution in [0.3, 0.4) is 0 Å². The molecule has 1 aromatic carbocycles. The van der Waals surface area contributed by atoms with Crippen LogP contribution in [0, 0.1) is 17.3 Å². The number of aromatic nitrogens is 1. The molecule has 0 spiro atoms. The van der Waals surface area contributed by atoms with Gasteiger partial charge in [0.1, 0.15) is 17.5 Å². The van der Waals surface area contributed by atoms with Gasteiger partial charge in [-0.1, -0.05) is 50.6 Å². The van der Waals surface area contributed by atoms with Gasteiger partial charge in [-0.25, -0.2) is 4.79 Å². The second kappa shape index (κ2) is 9.74. The Kier molecular flexibility index (Phi) is 7.02. The molecule has 0 unspecified atom stereocenters. The highest BCUT2D eigenvalue weighted by molar-refractivity contribution is 6.02. The Balaban J connectivity index is 1.68. The van der Waals surface area contributed by atoms with Crippen molar-refractivity contribution in [3.8, 4) is 0 Å². The molecule has 6 heteroatoms. The number of carbonyl (C=O) groups is 3. The molecular weight excluding hydrogens is 454 g/mol. The van der Waals surface area contributed by atoms with Crippen molar-refractivity contribution in [1.82, 2.24) is 4.98 Å². The van der Waals surface area contributed by atoms with Gasteiger partial charge in [0.25, 0.3) is 0 Å². The minimum atomic E-state index is -1.69. The van der Waals surface area contributed by atoms with Gasteiger partial charge in [0.05, 0.1) is 17.0 Å². The summed E-state index contributed by atoms with van der Waals surface area (Å²) in [5.41, 5.74) is 0.0991. The highest BCUT2D eigenvalue weighted by atomic mass is 16.5. The minimum Gasteiger partial charge on any atom is -0.458 e. The molecule has 1 fully saturated rings. The molecule has 0 saturated heterocycles. The van der Waals surface area contributed by atoms with Gasteiger partial charge in [-0.3, -0.25) is 14.6 Å². The Hall–Kier alpha value is -3.12. The number of hydrogen-bond donors (Lipinski definition) is 1. The fourth-order valence-corrected chi connectivity index (χ4v) is 5.42. The predicted molar refractivity (Wildman–Crippen MR) is 138 cm³/mol. The summed E-state index contributed by atoms with van der Waals surface area (Å²) in [4.78, 5) is 43.9. The number of rotatable bonds is 2. The van der Waals surface area contributed by atoms with Gasteiger partial charge >= 0.3 is 5.97 Å². The van der Waals surface area contributed by atoms with Crippen LogP contribution in [0.2, 0.25) is 0 Å². The van der Waals surface area contributed by atoms with Crippen LogP contribution in [-0.4, -0.2) is 39.3 Å². The van der Waals surface area contributed by atoms with Gasteiger partial charge < -0.3 is 9.84 Å². The fraction of sp³-hybridized carbons (Fsp3) is 0.467. The van der Waals surface area contributed by atoms with Crippen molar-refractivity contribution in [2.24, 2.45) is 17.3 Å². The molecule has 1 heterocycles. The van der Waals surface area contributed by atoms with Crippen LogP contribution in [0.5, 0.6) is 0 Å². The van der Waals surface area contributed by atoms with Crippen molar-refractivity contribution >= 4 is 28.4 Å². The van der Waals surface area contributed by atoms with Crippen LogP contribution in [0.1, 0.15) is 70.7 Å². The van der Waals surface area contributed by atoms with Crippen molar-refractivity contribution in [2.45, 2.75) is 72.0 Å². The lowest BCUT2D eigenvalue weighted by molar-refractivity contribution is -0.137. The SMILES string of the molecule is C/C1=C\[C@H]2[C@H](OC(=O)c3ccc4cccnc4c3)[C@@H](C)C[C@]2(O)C(=O)/C(C)=C/CC(C)(C)C(=O)CC1. The minimum absolute atomic E-state index is 0.135. The molecule has 4 rings (SSSR count). The highest BCUT2D eigenvalue weighted by Gasteiger charge is 2.56. The molecule has 0 radical (unpaired) electrons. The lowest BCUT2D eigenvalue weighted by atomic mass is 9.77. The summed E-state index contributed by atoms with van der Waals surface area (Å²) in [6.07, 6.45) is 6.10. The molecular formula is C30H35NO5. The van der Waals surface area contributed by atoms with E-state index >= 15 is 0 Å². The topological polar surface area (TPSA) is 93.6 Å². The Morgan fingerprint density at radius 1 is 1.14 bits per heavy atom. The zero-order chi connectivity index (χ0) is 26.3. The molecule has 190 valence electrons. The average molecular weight is 490 g/mol. The van der Waals surface area contributed by atoms with Crippen molar-refractivity contribution in [1.29, 1.82) is 0 Å². The van der Waals surface area contributed by atoms with E-state index in [0.29, 0.717) is 35.9 Å². The second-order valence-electron chi connectivity index (χ2n) is 11.2. The van der Waals surface area contributed by atoms with Crippen LogP contribution in [0.15, 0.2) is 59.8 Å². The first-order valence-electron chi connectivity index (χ1n) is 12.6. The molecule has 1 aromatic heterocycles. The molecule has 0 amide bonds. The Bertz CT molecular complexity index is 1270. The molecule has 1 N–H and O–H groups in total. The van der Waals surface area contributed by atoms with Crippen molar-refractivity contribution in [2.75, 3.05) is 0 Å². The van der Waals surface area contributed by atoms with E-state index in [1.807, 2.05) is 52.0 Å². The predicted octanol–water partition coefficient (Wildman–Crippen LogP) is 5.39. The molecule has 36 heavy (non-hydrogen) atoms. The maximum atomic E-state index is 13.6. The lowest BCUT2D eigenvalue weighted by Crippen LogP contribution is -2.45. The summed E-state index contributed by atoms with van der Waals surface area (Å²) in [7, 11) is 0. The molecule has 4 atom stereocenters. The molecule has 2 aliphatic rings. The zero-order valence-electron chi connectivity index (χ0n) is 21.7. The largest absolute Gasteiger partial charge is 0.458 e. The van der Waals surface area contributed by atoms with Crippen LogP contribution >= 0.6 is 0 Å². The summed E-state index contributed by atoms with van der Waals surface area (Å²) in [5.74, 6) is -1.71. The number of allylic oxidation sites excluding steroid dienone is 2. The van der Waals surface area contributed by atoms with Crippen molar-refractivity contribution < 1.29 is 24.2 Å². The van der Waals surface area contributed by atoms with Gasteiger partial charge in [-0.2, -0.15) is 0 Å². The van der Waals surface area contributed by atoms with Gasteiger partial charge in [-0.05, 0) is 62.8 Å². The van der Waals surface area contributed by atoms with E-state index < -0.39 is 29.0 Å². The van der Waals surface area contributed by atoms with E-state index in [2.05, 4.69) is 4.98 Å². The monoisotopic (exact) mass is 489 g/mol. The third kappa shape index (κ3) is 4.92. The van der Waals surface area contributed by atoms with Crippen LogP contribution in [0.25, 0.3) is 10.9 Å². The summed E-state index contributed by atoms with van der Waals surface area (Å²) < 4.78 is 5.99. The summed E-state index contributed by atoms with van der Waals surface area (Å²) >= 11 is 0.